The van der Waals surface area contributed by atoms with Crippen LogP contribution in [0.25, 0.3) is 6.20 Å². The van der Waals surface area contributed by atoms with Crippen molar-refractivity contribution in [2.45, 2.75) is 25.0 Å². The van der Waals surface area contributed by atoms with Gasteiger partial charge in [-0.05, 0) is 43.0 Å². The molecule has 2 N–H and O–H groups in total. The molecule has 0 bridgehead atoms. The van der Waals surface area contributed by atoms with E-state index in [9.17, 15) is 0 Å². The maximum Gasteiger partial charge on any atom is 0.141 e. The average Bonchev–Trinajstić information content (AvgIpc) is 3.39. The fraction of sp³-hybridized carbons (Fsp3) is 0.278. The highest BCUT2D eigenvalue weighted by molar-refractivity contribution is 6.30. The van der Waals surface area contributed by atoms with Gasteiger partial charge in [0.05, 0.1) is 10.4 Å². The first-order valence-corrected chi connectivity index (χ1v) is 8.05. The van der Waals surface area contributed by atoms with E-state index in [0.29, 0.717) is 5.92 Å². The minimum atomic E-state index is -0.0686. The van der Waals surface area contributed by atoms with Crippen molar-refractivity contribution >= 4 is 23.5 Å². The van der Waals surface area contributed by atoms with E-state index in [1.807, 2.05) is 36.4 Å². The molecule has 0 amide bonds. The SMILES string of the molecule is NC(C1CC1)[C@@H]1N=c2cccc(Cl)c2=CN1c1ccccc1. The van der Waals surface area contributed by atoms with Crippen molar-refractivity contribution in [1.82, 2.24) is 0 Å². The van der Waals surface area contributed by atoms with Crippen LogP contribution in [0.2, 0.25) is 5.02 Å². The van der Waals surface area contributed by atoms with Crippen LogP contribution < -0.4 is 21.2 Å². The summed E-state index contributed by atoms with van der Waals surface area (Å²) >= 11 is 6.35. The Bertz CT molecular complexity index is 799. The van der Waals surface area contributed by atoms with Crippen molar-refractivity contribution in [2.24, 2.45) is 16.6 Å². The van der Waals surface area contributed by atoms with Gasteiger partial charge in [0.2, 0.25) is 0 Å². The number of halogens is 1. The third kappa shape index (κ3) is 2.40. The largest absolute Gasteiger partial charge is 0.324 e. The molecule has 2 atom stereocenters. The van der Waals surface area contributed by atoms with Crippen LogP contribution in [-0.2, 0) is 0 Å². The molecule has 4 heteroatoms. The molecule has 1 aliphatic heterocycles. The van der Waals surface area contributed by atoms with Gasteiger partial charge in [-0.25, -0.2) is 0 Å². The number of benzene rings is 2. The van der Waals surface area contributed by atoms with Gasteiger partial charge in [0.15, 0.2) is 0 Å². The van der Waals surface area contributed by atoms with Gasteiger partial charge in [-0.2, -0.15) is 0 Å². The van der Waals surface area contributed by atoms with E-state index >= 15 is 0 Å². The highest BCUT2D eigenvalue weighted by Crippen LogP contribution is 2.35. The summed E-state index contributed by atoms with van der Waals surface area (Å²) in [6.07, 6.45) is 4.43. The van der Waals surface area contributed by atoms with Gasteiger partial charge in [-0.1, -0.05) is 35.9 Å². The first-order valence-electron chi connectivity index (χ1n) is 7.67. The lowest BCUT2D eigenvalue weighted by molar-refractivity contribution is 0.477. The molecule has 2 aromatic rings. The van der Waals surface area contributed by atoms with Crippen LogP contribution >= 0.6 is 11.6 Å². The smallest absolute Gasteiger partial charge is 0.141 e. The maximum absolute atomic E-state index is 6.49. The molecule has 2 aliphatic rings. The van der Waals surface area contributed by atoms with Crippen LogP contribution in [0, 0.1) is 5.92 Å². The molecule has 22 heavy (non-hydrogen) atoms. The Kier molecular flexibility index (Phi) is 3.40. The van der Waals surface area contributed by atoms with Gasteiger partial charge in [0, 0.05) is 23.1 Å². The molecule has 1 fully saturated rings. The number of hydrogen-bond acceptors (Lipinski definition) is 3. The van der Waals surface area contributed by atoms with Crippen molar-refractivity contribution in [3.05, 3.63) is 64.1 Å². The Hall–Kier alpha value is -1.84. The lowest BCUT2D eigenvalue weighted by Crippen LogP contribution is -2.51. The quantitative estimate of drug-likeness (QED) is 0.945. The summed E-state index contributed by atoms with van der Waals surface area (Å²) in [4.78, 5) is 7.07. The van der Waals surface area contributed by atoms with Crippen LogP contribution in [0.1, 0.15) is 12.8 Å². The zero-order valence-electron chi connectivity index (χ0n) is 12.2. The third-order valence-electron chi connectivity index (χ3n) is 4.42. The summed E-state index contributed by atoms with van der Waals surface area (Å²) in [6, 6.07) is 16.1. The molecule has 0 radical (unpaired) electrons. The molecule has 1 saturated carbocycles. The van der Waals surface area contributed by atoms with Crippen LogP contribution in [0.15, 0.2) is 53.5 Å². The Morgan fingerprint density at radius 3 is 2.59 bits per heavy atom. The lowest BCUT2D eigenvalue weighted by Gasteiger charge is -2.34. The summed E-state index contributed by atoms with van der Waals surface area (Å²) in [6.45, 7) is 0. The van der Waals surface area contributed by atoms with Crippen molar-refractivity contribution in [1.29, 1.82) is 0 Å². The van der Waals surface area contributed by atoms with Crippen molar-refractivity contribution in [3.8, 4) is 0 Å². The molecule has 0 aromatic heterocycles. The number of para-hydroxylation sites is 1. The van der Waals surface area contributed by atoms with E-state index < -0.39 is 0 Å². The Labute approximate surface area is 134 Å². The molecule has 0 spiro atoms. The number of fused-ring (bicyclic) bond motifs is 1. The number of nitrogens with two attached hydrogens (primary N) is 1. The van der Waals surface area contributed by atoms with Gasteiger partial charge in [-0.15, -0.1) is 0 Å². The van der Waals surface area contributed by atoms with E-state index in [2.05, 4.69) is 23.2 Å². The number of hydrogen-bond donors (Lipinski definition) is 1. The van der Waals surface area contributed by atoms with Crippen LogP contribution in [0.5, 0.6) is 0 Å². The van der Waals surface area contributed by atoms with Crippen molar-refractivity contribution in [2.75, 3.05) is 4.90 Å². The van der Waals surface area contributed by atoms with Gasteiger partial charge in [-0.3, -0.25) is 4.99 Å². The fourth-order valence-corrected chi connectivity index (χ4v) is 3.23. The molecule has 112 valence electrons. The molecular formula is C18H18ClN3. The van der Waals surface area contributed by atoms with E-state index in [1.54, 1.807) is 0 Å². The standard InChI is InChI=1S/C18H18ClN3/c19-15-7-4-8-16-14(15)11-22(13-5-2-1-3-6-13)18(21-16)17(20)12-9-10-12/h1-8,11-12,17-18H,9-10,20H2/t17?,18-/m1/s1. The van der Waals surface area contributed by atoms with E-state index in [0.717, 1.165) is 21.3 Å². The van der Waals surface area contributed by atoms with Crippen molar-refractivity contribution in [3.63, 3.8) is 0 Å². The van der Waals surface area contributed by atoms with E-state index in [-0.39, 0.29) is 12.2 Å². The Balaban J connectivity index is 1.87. The molecule has 3 nitrogen and oxygen atoms in total. The second-order valence-corrected chi connectivity index (χ2v) is 6.41. The summed E-state index contributed by atoms with van der Waals surface area (Å²) in [5.74, 6) is 0.578. The minimum absolute atomic E-state index is 0.0450. The monoisotopic (exact) mass is 311 g/mol. The molecule has 0 saturated heterocycles. The number of anilines is 1. The number of nitrogens with zero attached hydrogens (tertiary/aromatic N) is 2. The highest BCUT2D eigenvalue weighted by Gasteiger charge is 2.37. The highest BCUT2D eigenvalue weighted by atomic mass is 35.5. The van der Waals surface area contributed by atoms with Crippen LogP contribution in [0.3, 0.4) is 0 Å². The molecule has 4 rings (SSSR count). The second-order valence-electron chi connectivity index (χ2n) is 6.00. The summed E-state index contributed by atoms with van der Waals surface area (Å²) < 4.78 is 0. The van der Waals surface area contributed by atoms with Crippen LogP contribution in [-0.4, -0.2) is 12.2 Å². The van der Waals surface area contributed by atoms with Gasteiger partial charge >= 0.3 is 0 Å². The zero-order chi connectivity index (χ0) is 15.1. The molecular weight excluding hydrogens is 294 g/mol. The van der Waals surface area contributed by atoms with Gasteiger partial charge in [0.1, 0.15) is 6.17 Å². The first kappa shape index (κ1) is 13.8. The van der Waals surface area contributed by atoms with Gasteiger partial charge < -0.3 is 10.6 Å². The van der Waals surface area contributed by atoms with E-state index in [1.165, 1.54) is 12.8 Å². The predicted molar refractivity (Wildman–Crippen MR) is 90.1 cm³/mol. The minimum Gasteiger partial charge on any atom is -0.324 e. The zero-order valence-corrected chi connectivity index (χ0v) is 12.9. The Morgan fingerprint density at radius 2 is 1.86 bits per heavy atom. The maximum atomic E-state index is 6.49. The van der Waals surface area contributed by atoms with Gasteiger partial charge in [0.25, 0.3) is 0 Å². The molecule has 1 aliphatic carbocycles. The summed E-state index contributed by atoms with van der Waals surface area (Å²) in [5.41, 5.74) is 7.58. The molecule has 1 unspecified atom stereocenters. The van der Waals surface area contributed by atoms with Crippen LogP contribution in [0.4, 0.5) is 5.69 Å². The van der Waals surface area contributed by atoms with E-state index in [4.69, 9.17) is 22.3 Å². The molecule has 2 aromatic carbocycles. The van der Waals surface area contributed by atoms with Crippen molar-refractivity contribution < 1.29 is 0 Å². The molecule has 1 heterocycles. The summed E-state index contributed by atoms with van der Waals surface area (Å²) in [7, 11) is 0. The predicted octanol–water partition coefficient (Wildman–Crippen LogP) is 2.28. The summed E-state index contributed by atoms with van der Waals surface area (Å²) in [5, 5.41) is 2.62. The average molecular weight is 312 g/mol. The number of rotatable bonds is 3. The first-order chi connectivity index (χ1) is 10.7. The Morgan fingerprint density at radius 1 is 1.09 bits per heavy atom. The third-order valence-corrected chi connectivity index (χ3v) is 4.75. The fourth-order valence-electron chi connectivity index (χ4n) is 3.01. The normalized spacial score (nSPS) is 21.5. The second kappa shape index (κ2) is 5.41. The lowest BCUT2D eigenvalue weighted by atomic mass is 10.1. The topological polar surface area (TPSA) is 41.6 Å².